The lowest BCUT2D eigenvalue weighted by molar-refractivity contribution is -0.114. The van der Waals surface area contributed by atoms with Crippen LogP contribution in [0.3, 0.4) is 0 Å². The predicted molar refractivity (Wildman–Crippen MR) is 55.2 cm³/mol. The van der Waals surface area contributed by atoms with Gasteiger partial charge in [0.05, 0.1) is 7.11 Å². The molecular formula is C10H14N2O2. The summed E-state index contributed by atoms with van der Waals surface area (Å²) in [6, 6.07) is 5.37. The van der Waals surface area contributed by atoms with E-state index in [2.05, 4.69) is 5.32 Å². The van der Waals surface area contributed by atoms with Gasteiger partial charge in [-0.15, -0.1) is 0 Å². The fraction of sp³-hybridized carbons (Fsp3) is 0.300. The standard InChI is InChI=1S/C10H14N2O2/c1-7(13)12-9-3-4-10(14-2)8(5-9)6-11/h3-5H,6,11H2,1-2H3,(H,12,13). The normalized spacial score (nSPS) is 9.64. The number of anilines is 1. The Hall–Kier alpha value is -1.55. The Morgan fingerprint density at radius 1 is 1.57 bits per heavy atom. The van der Waals surface area contributed by atoms with E-state index in [4.69, 9.17) is 10.5 Å². The van der Waals surface area contributed by atoms with Gasteiger partial charge in [0.25, 0.3) is 0 Å². The minimum absolute atomic E-state index is 0.0989. The lowest BCUT2D eigenvalue weighted by atomic mass is 10.2. The molecule has 0 atom stereocenters. The average Bonchev–Trinajstić information content (AvgIpc) is 2.16. The molecule has 0 saturated heterocycles. The summed E-state index contributed by atoms with van der Waals surface area (Å²) in [6.45, 7) is 1.85. The molecule has 1 rings (SSSR count). The third-order valence-electron chi connectivity index (χ3n) is 1.82. The van der Waals surface area contributed by atoms with Crippen molar-refractivity contribution in [2.24, 2.45) is 5.73 Å². The van der Waals surface area contributed by atoms with Crippen LogP contribution in [0.15, 0.2) is 18.2 Å². The minimum Gasteiger partial charge on any atom is -0.496 e. The van der Waals surface area contributed by atoms with Gasteiger partial charge < -0.3 is 15.8 Å². The van der Waals surface area contributed by atoms with E-state index in [1.165, 1.54) is 6.92 Å². The SMILES string of the molecule is COc1ccc(NC(C)=O)cc1CN. The maximum atomic E-state index is 10.8. The summed E-state index contributed by atoms with van der Waals surface area (Å²) in [5.74, 6) is 0.639. The van der Waals surface area contributed by atoms with Crippen LogP contribution in [0.2, 0.25) is 0 Å². The van der Waals surface area contributed by atoms with Gasteiger partial charge >= 0.3 is 0 Å². The molecule has 0 saturated carbocycles. The van der Waals surface area contributed by atoms with Gasteiger partial charge in [-0.1, -0.05) is 0 Å². The Balaban J connectivity index is 2.95. The zero-order valence-corrected chi connectivity index (χ0v) is 8.33. The van der Waals surface area contributed by atoms with Crippen LogP contribution >= 0.6 is 0 Å². The van der Waals surface area contributed by atoms with Crippen molar-refractivity contribution in [1.29, 1.82) is 0 Å². The summed E-state index contributed by atoms with van der Waals surface area (Å²) in [5.41, 5.74) is 7.14. The molecule has 0 aliphatic rings. The van der Waals surface area contributed by atoms with E-state index in [1.807, 2.05) is 0 Å². The van der Waals surface area contributed by atoms with Gasteiger partial charge in [-0.2, -0.15) is 0 Å². The zero-order chi connectivity index (χ0) is 10.6. The first kappa shape index (κ1) is 10.5. The van der Waals surface area contributed by atoms with E-state index >= 15 is 0 Å². The number of hydrogen-bond acceptors (Lipinski definition) is 3. The molecule has 14 heavy (non-hydrogen) atoms. The molecule has 0 aliphatic carbocycles. The van der Waals surface area contributed by atoms with E-state index in [9.17, 15) is 4.79 Å². The van der Waals surface area contributed by atoms with Gasteiger partial charge in [-0.3, -0.25) is 4.79 Å². The summed E-state index contributed by atoms with van der Waals surface area (Å²) in [7, 11) is 1.59. The highest BCUT2D eigenvalue weighted by Gasteiger charge is 2.03. The molecule has 1 aromatic carbocycles. The summed E-state index contributed by atoms with van der Waals surface area (Å²) >= 11 is 0. The molecule has 0 radical (unpaired) electrons. The number of nitrogens with one attached hydrogen (secondary N) is 1. The summed E-state index contributed by atoms with van der Waals surface area (Å²) in [4.78, 5) is 10.8. The molecule has 0 aliphatic heterocycles. The lowest BCUT2D eigenvalue weighted by Gasteiger charge is -2.09. The van der Waals surface area contributed by atoms with Crippen LogP contribution in [-0.4, -0.2) is 13.0 Å². The van der Waals surface area contributed by atoms with Crippen LogP contribution in [0.4, 0.5) is 5.69 Å². The van der Waals surface area contributed by atoms with E-state index in [-0.39, 0.29) is 5.91 Å². The van der Waals surface area contributed by atoms with Crippen LogP contribution in [-0.2, 0) is 11.3 Å². The van der Waals surface area contributed by atoms with Crippen molar-refractivity contribution < 1.29 is 9.53 Å². The second kappa shape index (κ2) is 4.62. The Kier molecular flexibility index (Phi) is 3.48. The van der Waals surface area contributed by atoms with Gasteiger partial charge in [0, 0.05) is 24.7 Å². The number of methoxy groups -OCH3 is 1. The number of amides is 1. The van der Waals surface area contributed by atoms with Crippen molar-refractivity contribution in [1.82, 2.24) is 0 Å². The second-order valence-electron chi connectivity index (χ2n) is 2.91. The van der Waals surface area contributed by atoms with Crippen LogP contribution in [0.25, 0.3) is 0 Å². The molecule has 0 aromatic heterocycles. The Morgan fingerprint density at radius 2 is 2.29 bits per heavy atom. The first-order valence-electron chi connectivity index (χ1n) is 4.32. The largest absolute Gasteiger partial charge is 0.496 e. The monoisotopic (exact) mass is 194 g/mol. The van der Waals surface area contributed by atoms with Crippen LogP contribution in [0, 0.1) is 0 Å². The third-order valence-corrected chi connectivity index (χ3v) is 1.82. The number of rotatable bonds is 3. The number of hydrogen-bond donors (Lipinski definition) is 2. The highest BCUT2D eigenvalue weighted by molar-refractivity contribution is 5.88. The van der Waals surface area contributed by atoms with Crippen molar-refractivity contribution in [3.05, 3.63) is 23.8 Å². The average molecular weight is 194 g/mol. The first-order valence-corrected chi connectivity index (χ1v) is 4.32. The molecule has 0 heterocycles. The van der Waals surface area contributed by atoms with Crippen LogP contribution < -0.4 is 15.8 Å². The lowest BCUT2D eigenvalue weighted by Crippen LogP contribution is -2.07. The second-order valence-corrected chi connectivity index (χ2v) is 2.91. The molecule has 0 unspecified atom stereocenters. The van der Waals surface area contributed by atoms with Crippen molar-refractivity contribution in [2.45, 2.75) is 13.5 Å². The van der Waals surface area contributed by atoms with Crippen LogP contribution in [0.5, 0.6) is 5.75 Å². The molecule has 4 heteroatoms. The Bertz CT molecular complexity index is 337. The summed E-state index contributed by atoms with van der Waals surface area (Å²) in [6.07, 6.45) is 0. The van der Waals surface area contributed by atoms with Crippen molar-refractivity contribution in [3.63, 3.8) is 0 Å². The minimum atomic E-state index is -0.0989. The fourth-order valence-electron chi connectivity index (χ4n) is 1.22. The van der Waals surface area contributed by atoms with Gasteiger partial charge in [0.1, 0.15) is 5.75 Å². The van der Waals surface area contributed by atoms with E-state index in [0.717, 1.165) is 17.0 Å². The molecule has 3 N–H and O–H groups in total. The third kappa shape index (κ3) is 2.47. The van der Waals surface area contributed by atoms with Gasteiger partial charge in [-0.05, 0) is 18.2 Å². The molecule has 0 fully saturated rings. The highest BCUT2D eigenvalue weighted by Crippen LogP contribution is 2.21. The number of nitrogens with two attached hydrogens (primary N) is 1. The number of ether oxygens (including phenoxy) is 1. The van der Waals surface area contributed by atoms with E-state index < -0.39 is 0 Å². The molecule has 0 spiro atoms. The van der Waals surface area contributed by atoms with Crippen molar-refractivity contribution in [3.8, 4) is 5.75 Å². The van der Waals surface area contributed by atoms with Crippen LogP contribution in [0.1, 0.15) is 12.5 Å². The topological polar surface area (TPSA) is 64.3 Å². The summed E-state index contributed by atoms with van der Waals surface area (Å²) in [5, 5.41) is 2.68. The molecular weight excluding hydrogens is 180 g/mol. The summed E-state index contributed by atoms with van der Waals surface area (Å²) < 4.78 is 5.10. The Morgan fingerprint density at radius 3 is 2.79 bits per heavy atom. The highest BCUT2D eigenvalue weighted by atomic mass is 16.5. The number of benzene rings is 1. The number of carbonyl (C=O) groups is 1. The molecule has 0 bridgehead atoms. The number of carbonyl (C=O) groups excluding carboxylic acids is 1. The zero-order valence-electron chi connectivity index (χ0n) is 8.33. The maximum absolute atomic E-state index is 10.8. The van der Waals surface area contributed by atoms with E-state index in [1.54, 1.807) is 25.3 Å². The van der Waals surface area contributed by atoms with Crippen molar-refractivity contribution >= 4 is 11.6 Å². The van der Waals surface area contributed by atoms with E-state index in [0.29, 0.717) is 6.54 Å². The predicted octanol–water partition coefficient (Wildman–Crippen LogP) is 1.11. The first-order chi connectivity index (χ1) is 6.67. The maximum Gasteiger partial charge on any atom is 0.221 e. The quantitative estimate of drug-likeness (QED) is 0.757. The van der Waals surface area contributed by atoms with Gasteiger partial charge in [0.15, 0.2) is 0 Å². The van der Waals surface area contributed by atoms with Gasteiger partial charge in [0.2, 0.25) is 5.91 Å². The molecule has 1 aromatic rings. The fourth-order valence-corrected chi connectivity index (χ4v) is 1.22. The van der Waals surface area contributed by atoms with Gasteiger partial charge in [-0.25, -0.2) is 0 Å². The Labute approximate surface area is 83.1 Å². The van der Waals surface area contributed by atoms with Crippen molar-refractivity contribution in [2.75, 3.05) is 12.4 Å². The molecule has 4 nitrogen and oxygen atoms in total. The molecule has 76 valence electrons. The smallest absolute Gasteiger partial charge is 0.221 e. The molecule has 1 amide bonds.